The maximum atomic E-state index is 10.9. The molecule has 2 rings (SSSR count). The smallest absolute Gasteiger partial charge is 0.185 e. The Kier molecular flexibility index (Phi) is 3.90. The highest BCUT2D eigenvalue weighted by atomic mass is 32.1. The largest absolute Gasteiger partial charge is 0.378 e. The molecule has 0 amide bonds. The maximum Gasteiger partial charge on any atom is 0.185 e. The third-order valence-electron chi connectivity index (χ3n) is 2.55. The fraction of sp³-hybridized carbons (Fsp3) is 0.636. The molecule has 0 unspecified atom stereocenters. The Morgan fingerprint density at radius 3 is 3.00 bits per heavy atom. The van der Waals surface area contributed by atoms with Crippen LogP contribution in [0.5, 0.6) is 0 Å². The normalized spacial score (nSPS) is 16.4. The molecule has 4 nitrogen and oxygen atoms in total. The SMILES string of the molecule is CC(=O)CCc1cnc(N2CCOCC2)s1. The molecule has 5 heteroatoms. The summed E-state index contributed by atoms with van der Waals surface area (Å²) in [7, 11) is 0. The first kappa shape index (κ1) is 11.5. The van der Waals surface area contributed by atoms with Gasteiger partial charge in [-0.3, -0.25) is 0 Å². The van der Waals surface area contributed by atoms with Crippen molar-refractivity contribution in [2.24, 2.45) is 0 Å². The van der Waals surface area contributed by atoms with Crippen LogP contribution in [0.4, 0.5) is 5.13 Å². The molecule has 0 bridgehead atoms. The van der Waals surface area contributed by atoms with Crippen molar-refractivity contribution >= 4 is 22.3 Å². The molecule has 1 fully saturated rings. The number of aryl methyl sites for hydroxylation is 1. The number of Topliss-reactive ketones (excluding diaryl/α,β-unsaturated/α-hetero) is 1. The average Bonchev–Trinajstić information content (AvgIpc) is 2.76. The van der Waals surface area contributed by atoms with Crippen LogP contribution in [0.15, 0.2) is 6.20 Å². The van der Waals surface area contributed by atoms with Gasteiger partial charge >= 0.3 is 0 Å². The molecule has 0 atom stereocenters. The summed E-state index contributed by atoms with van der Waals surface area (Å²) < 4.78 is 5.30. The van der Waals surface area contributed by atoms with Gasteiger partial charge in [-0.15, -0.1) is 11.3 Å². The van der Waals surface area contributed by atoms with E-state index < -0.39 is 0 Å². The van der Waals surface area contributed by atoms with Gasteiger partial charge in [0, 0.05) is 30.6 Å². The Balaban J connectivity index is 1.93. The molecule has 1 aliphatic rings. The number of thiazole rings is 1. The van der Waals surface area contributed by atoms with Crippen LogP contribution in [-0.2, 0) is 16.0 Å². The Labute approximate surface area is 99.2 Å². The summed E-state index contributed by atoms with van der Waals surface area (Å²) >= 11 is 1.69. The standard InChI is InChI=1S/C11H16N2O2S/c1-9(14)2-3-10-8-12-11(16-10)13-4-6-15-7-5-13/h8H,2-7H2,1H3. The molecule has 0 spiro atoms. The number of ether oxygens (including phenoxy) is 1. The molecule has 1 aromatic rings. The second-order valence-corrected chi connectivity index (χ2v) is 5.00. The number of hydrogen-bond acceptors (Lipinski definition) is 5. The van der Waals surface area contributed by atoms with Crippen molar-refractivity contribution in [3.63, 3.8) is 0 Å². The Bertz CT molecular complexity index is 359. The summed E-state index contributed by atoms with van der Waals surface area (Å²) in [4.78, 5) is 18.7. The van der Waals surface area contributed by atoms with Crippen molar-refractivity contribution in [2.45, 2.75) is 19.8 Å². The summed E-state index contributed by atoms with van der Waals surface area (Å²) in [6.45, 7) is 5.02. The average molecular weight is 240 g/mol. The zero-order chi connectivity index (χ0) is 11.4. The van der Waals surface area contributed by atoms with E-state index in [2.05, 4.69) is 9.88 Å². The van der Waals surface area contributed by atoms with Gasteiger partial charge in [0.05, 0.1) is 13.2 Å². The lowest BCUT2D eigenvalue weighted by Crippen LogP contribution is -2.36. The molecule has 0 saturated carbocycles. The topological polar surface area (TPSA) is 42.4 Å². The number of rotatable bonds is 4. The predicted octanol–water partition coefficient (Wildman–Crippen LogP) is 1.50. The first-order valence-electron chi connectivity index (χ1n) is 5.52. The fourth-order valence-corrected chi connectivity index (χ4v) is 2.57. The molecule has 16 heavy (non-hydrogen) atoms. The van der Waals surface area contributed by atoms with Crippen LogP contribution in [0.2, 0.25) is 0 Å². The minimum absolute atomic E-state index is 0.237. The van der Waals surface area contributed by atoms with Gasteiger partial charge in [-0.25, -0.2) is 4.98 Å². The van der Waals surface area contributed by atoms with Crippen molar-refractivity contribution in [3.8, 4) is 0 Å². The van der Waals surface area contributed by atoms with Gasteiger partial charge in [-0.1, -0.05) is 0 Å². The molecule has 0 aromatic carbocycles. The minimum Gasteiger partial charge on any atom is -0.378 e. The van der Waals surface area contributed by atoms with Crippen LogP contribution in [-0.4, -0.2) is 37.1 Å². The summed E-state index contributed by atoms with van der Waals surface area (Å²) in [5.74, 6) is 0.237. The van der Waals surface area contributed by atoms with E-state index in [9.17, 15) is 4.79 Å². The summed E-state index contributed by atoms with van der Waals surface area (Å²) in [5.41, 5.74) is 0. The van der Waals surface area contributed by atoms with Crippen molar-refractivity contribution in [1.29, 1.82) is 0 Å². The molecule has 2 heterocycles. The van der Waals surface area contributed by atoms with E-state index in [1.807, 2.05) is 6.20 Å². The Morgan fingerprint density at radius 1 is 1.56 bits per heavy atom. The van der Waals surface area contributed by atoms with Gasteiger partial charge in [0.25, 0.3) is 0 Å². The highest BCUT2D eigenvalue weighted by Gasteiger charge is 2.14. The third-order valence-corrected chi connectivity index (χ3v) is 3.66. The number of morpholine rings is 1. The van der Waals surface area contributed by atoms with Gasteiger partial charge in [-0.2, -0.15) is 0 Å². The first-order chi connectivity index (χ1) is 7.75. The van der Waals surface area contributed by atoms with Gasteiger partial charge < -0.3 is 14.4 Å². The van der Waals surface area contributed by atoms with Crippen LogP contribution in [0, 0.1) is 0 Å². The molecule has 1 saturated heterocycles. The van der Waals surface area contributed by atoms with Crippen molar-refractivity contribution in [1.82, 2.24) is 4.98 Å². The number of aromatic nitrogens is 1. The molecular formula is C11H16N2O2S. The molecule has 0 radical (unpaired) electrons. The van der Waals surface area contributed by atoms with Crippen molar-refractivity contribution in [2.75, 3.05) is 31.2 Å². The number of hydrogen-bond donors (Lipinski definition) is 0. The van der Waals surface area contributed by atoms with E-state index in [1.54, 1.807) is 18.3 Å². The number of anilines is 1. The molecule has 1 aliphatic heterocycles. The van der Waals surface area contributed by atoms with E-state index in [1.165, 1.54) is 4.88 Å². The summed E-state index contributed by atoms with van der Waals surface area (Å²) in [6, 6.07) is 0. The van der Waals surface area contributed by atoms with Crippen LogP contribution in [0.25, 0.3) is 0 Å². The van der Waals surface area contributed by atoms with Crippen molar-refractivity contribution in [3.05, 3.63) is 11.1 Å². The van der Waals surface area contributed by atoms with Gasteiger partial charge in [-0.05, 0) is 13.3 Å². The number of carbonyl (C=O) groups is 1. The lowest BCUT2D eigenvalue weighted by molar-refractivity contribution is -0.116. The molecule has 1 aromatic heterocycles. The Hall–Kier alpha value is -0.940. The zero-order valence-electron chi connectivity index (χ0n) is 9.44. The van der Waals surface area contributed by atoms with Gasteiger partial charge in [0.15, 0.2) is 5.13 Å². The Morgan fingerprint density at radius 2 is 2.31 bits per heavy atom. The molecular weight excluding hydrogens is 224 g/mol. The fourth-order valence-electron chi connectivity index (χ4n) is 1.61. The number of carbonyl (C=O) groups excluding carboxylic acids is 1. The van der Waals surface area contributed by atoms with E-state index in [4.69, 9.17) is 4.74 Å². The third kappa shape index (κ3) is 3.02. The van der Waals surface area contributed by atoms with Crippen LogP contribution in [0.3, 0.4) is 0 Å². The van der Waals surface area contributed by atoms with Crippen LogP contribution >= 0.6 is 11.3 Å². The van der Waals surface area contributed by atoms with E-state index in [0.29, 0.717) is 6.42 Å². The maximum absolute atomic E-state index is 10.9. The molecule has 0 N–H and O–H groups in total. The van der Waals surface area contributed by atoms with Crippen LogP contribution in [0.1, 0.15) is 18.2 Å². The zero-order valence-corrected chi connectivity index (χ0v) is 10.3. The quantitative estimate of drug-likeness (QED) is 0.800. The van der Waals surface area contributed by atoms with Crippen molar-refractivity contribution < 1.29 is 9.53 Å². The van der Waals surface area contributed by atoms with Gasteiger partial charge in [0.1, 0.15) is 5.78 Å². The lowest BCUT2D eigenvalue weighted by atomic mass is 10.2. The predicted molar refractivity (Wildman–Crippen MR) is 64.1 cm³/mol. The number of ketones is 1. The number of nitrogens with zero attached hydrogens (tertiary/aromatic N) is 2. The van der Waals surface area contributed by atoms with E-state index in [-0.39, 0.29) is 5.78 Å². The second kappa shape index (κ2) is 5.41. The highest BCUT2D eigenvalue weighted by Crippen LogP contribution is 2.24. The summed E-state index contributed by atoms with van der Waals surface area (Å²) in [6.07, 6.45) is 3.32. The van der Waals surface area contributed by atoms with E-state index >= 15 is 0 Å². The molecule has 0 aliphatic carbocycles. The molecule has 88 valence electrons. The van der Waals surface area contributed by atoms with Crippen LogP contribution < -0.4 is 4.90 Å². The van der Waals surface area contributed by atoms with Gasteiger partial charge in [0.2, 0.25) is 0 Å². The minimum atomic E-state index is 0.237. The highest BCUT2D eigenvalue weighted by molar-refractivity contribution is 7.15. The lowest BCUT2D eigenvalue weighted by Gasteiger charge is -2.25. The summed E-state index contributed by atoms with van der Waals surface area (Å²) in [5, 5.41) is 1.06. The monoisotopic (exact) mass is 240 g/mol. The second-order valence-electron chi connectivity index (χ2n) is 3.91. The van der Waals surface area contributed by atoms with E-state index in [0.717, 1.165) is 37.9 Å². The first-order valence-corrected chi connectivity index (χ1v) is 6.34.